The minimum Gasteiger partial charge on any atom is -0.481 e. The van der Waals surface area contributed by atoms with Gasteiger partial charge >= 0.3 is 0 Å². The second-order valence-corrected chi connectivity index (χ2v) is 4.87. The molecule has 0 aliphatic rings. The smallest absolute Gasteiger partial charge is 0.224 e. The summed E-state index contributed by atoms with van der Waals surface area (Å²) in [5, 5.41) is 2.79. The largest absolute Gasteiger partial charge is 0.481 e. The number of carbonyl (C=O) groups is 1. The van der Waals surface area contributed by atoms with Crippen LogP contribution < -0.4 is 10.1 Å². The molecule has 0 saturated carbocycles. The number of hydrogen-bond donors (Lipinski definition) is 1. The SMILES string of the molecule is COc1ccc(NC(=O)CC(C)(C)C)cn1.Cl. The van der Waals surface area contributed by atoms with Crippen LogP contribution in [0, 0.1) is 5.41 Å². The van der Waals surface area contributed by atoms with Gasteiger partial charge < -0.3 is 10.1 Å². The number of halogens is 1. The molecule has 0 aromatic carbocycles. The number of rotatable bonds is 3. The van der Waals surface area contributed by atoms with E-state index in [0.717, 1.165) is 0 Å². The summed E-state index contributed by atoms with van der Waals surface area (Å²) in [7, 11) is 1.56. The van der Waals surface area contributed by atoms with Gasteiger partial charge in [0, 0.05) is 12.5 Å². The summed E-state index contributed by atoms with van der Waals surface area (Å²) in [6, 6.07) is 3.49. The van der Waals surface area contributed by atoms with Crippen LogP contribution in [0.5, 0.6) is 5.88 Å². The molecule has 0 radical (unpaired) electrons. The number of nitrogens with one attached hydrogen (secondary N) is 1. The molecule has 1 N–H and O–H groups in total. The number of anilines is 1. The summed E-state index contributed by atoms with van der Waals surface area (Å²) in [6.07, 6.45) is 2.07. The normalized spacial score (nSPS) is 10.4. The maximum Gasteiger partial charge on any atom is 0.224 e. The Kier molecular flexibility index (Phi) is 5.96. The molecular formula is C12H19ClN2O2. The molecule has 0 unspecified atom stereocenters. The third-order valence-electron chi connectivity index (χ3n) is 1.92. The second kappa shape index (κ2) is 6.45. The van der Waals surface area contributed by atoms with Gasteiger partial charge in [-0.3, -0.25) is 4.79 Å². The molecule has 1 aromatic heterocycles. The first-order chi connectivity index (χ1) is 7.40. The highest BCUT2D eigenvalue weighted by atomic mass is 35.5. The van der Waals surface area contributed by atoms with E-state index < -0.39 is 0 Å². The van der Waals surface area contributed by atoms with E-state index in [-0.39, 0.29) is 23.7 Å². The lowest BCUT2D eigenvalue weighted by atomic mass is 9.92. The summed E-state index contributed by atoms with van der Waals surface area (Å²) in [5.74, 6) is 0.535. The Morgan fingerprint density at radius 1 is 1.41 bits per heavy atom. The quantitative estimate of drug-likeness (QED) is 0.907. The van der Waals surface area contributed by atoms with Crippen molar-refractivity contribution in [2.24, 2.45) is 5.41 Å². The molecule has 1 amide bonds. The number of pyridine rings is 1. The molecule has 5 heteroatoms. The van der Waals surface area contributed by atoms with E-state index in [1.165, 1.54) is 0 Å². The first-order valence-electron chi connectivity index (χ1n) is 5.20. The number of ether oxygens (including phenoxy) is 1. The van der Waals surface area contributed by atoms with Crippen molar-refractivity contribution in [3.8, 4) is 5.88 Å². The zero-order valence-electron chi connectivity index (χ0n) is 10.6. The van der Waals surface area contributed by atoms with Crippen LogP contribution in [0.3, 0.4) is 0 Å². The fourth-order valence-corrected chi connectivity index (χ4v) is 1.26. The van der Waals surface area contributed by atoms with Gasteiger partial charge in [0.25, 0.3) is 0 Å². The molecule has 0 aliphatic heterocycles. The van der Waals surface area contributed by atoms with E-state index in [2.05, 4.69) is 10.3 Å². The van der Waals surface area contributed by atoms with Crippen LogP contribution >= 0.6 is 12.4 Å². The van der Waals surface area contributed by atoms with Crippen LogP contribution in [0.4, 0.5) is 5.69 Å². The van der Waals surface area contributed by atoms with Crippen molar-refractivity contribution in [3.05, 3.63) is 18.3 Å². The molecule has 0 atom stereocenters. The Morgan fingerprint density at radius 2 is 2.06 bits per heavy atom. The summed E-state index contributed by atoms with van der Waals surface area (Å²) in [6.45, 7) is 6.08. The number of methoxy groups -OCH3 is 1. The monoisotopic (exact) mass is 258 g/mol. The highest BCUT2D eigenvalue weighted by Gasteiger charge is 2.15. The van der Waals surface area contributed by atoms with Crippen LogP contribution in [-0.2, 0) is 4.79 Å². The molecule has 0 saturated heterocycles. The topological polar surface area (TPSA) is 51.2 Å². The van der Waals surface area contributed by atoms with Gasteiger partial charge in [-0.2, -0.15) is 0 Å². The minimum atomic E-state index is -0.00994. The van der Waals surface area contributed by atoms with E-state index in [0.29, 0.717) is 18.0 Å². The highest BCUT2D eigenvalue weighted by molar-refractivity contribution is 5.90. The van der Waals surface area contributed by atoms with Gasteiger partial charge in [-0.25, -0.2) is 4.98 Å². The number of aromatic nitrogens is 1. The molecule has 0 fully saturated rings. The van der Waals surface area contributed by atoms with Crippen molar-refractivity contribution >= 4 is 24.0 Å². The predicted molar refractivity (Wildman–Crippen MR) is 70.7 cm³/mol. The van der Waals surface area contributed by atoms with Crippen LogP contribution in [-0.4, -0.2) is 18.0 Å². The van der Waals surface area contributed by atoms with E-state index in [1.807, 2.05) is 20.8 Å². The van der Waals surface area contributed by atoms with Gasteiger partial charge in [-0.1, -0.05) is 20.8 Å². The molecule has 1 heterocycles. The van der Waals surface area contributed by atoms with Crippen LogP contribution in [0.2, 0.25) is 0 Å². The molecule has 96 valence electrons. The summed E-state index contributed by atoms with van der Waals surface area (Å²) >= 11 is 0. The average molecular weight is 259 g/mol. The summed E-state index contributed by atoms with van der Waals surface area (Å²) < 4.78 is 4.93. The predicted octanol–water partition coefficient (Wildman–Crippen LogP) is 2.89. The molecule has 0 spiro atoms. The van der Waals surface area contributed by atoms with Crippen molar-refractivity contribution in [2.45, 2.75) is 27.2 Å². The average Bonchev–Trinajstić information content (AvgIpc) is 2.16. The minimum absolute atomic E-state index is 0. The zero-order chi connectivity index (χ0) is 12.2. The van der Waals surface area contributed by atoms with E-state index in [4.69, 9.17) is 4.74 Å². The number of hydrogen-bond acceptors (Lipinski definition) is 3. The molecule has 1 aromatic rings. The maximum atomic E-state index is 11.6. The summed E-state index contributed by atoms with van der Waals surface area (Å²) in [5.41, 5.74) is 0.680. The van der Waals surface area contributed by atoms with Gasteiger partial charge in [0.15, 0.2) is 0 Å². The first kappa shape index (κ1) is 15.7. The third kappa shape index (κ3) is 6.12. The van der Waals surface area contributed by atoms with Crippen LogP contribution in [0.15, 0.2) is 18.3 Å². The lowest BCUT2D eigenvalue weighted by molar-refractivity contribution is -0.117. The van der Waals surface area contributed by atoms with Crippen molar-refractivity contribution in [1.82, 2.24) is 4.98 Å². The standard InChI is InChI=1S/C12H18N2O2.ClH/c1-12(2,3)7-10(15)14-9-5-6-11(16-4)13-8-9;/h5-6,8H,7H2,1-4H3,(H,14,15);1H. The molecule has 4 nitrogen and oxygen atoms in total. The molecule has 0 aliphatic carbocycles. The van der Waals surface area contributed by atoms with Crippen molar-refractivity contribution in [3.63, 3.8) is 0 Å². The lowest BCUT2D eigenvalue weighted by Gasteiger charge is -2.17. The Labute approximate surface area is 108 Å². The van der Waals surface area contributed by atoms with Crippen molar-refractivity contribution in [1.29, 1.82) is 0 Å². The van der Waals surface area contributed by atoms with Crippen LogP contribution in [0.25, 0.3) is 0 Å². The van der Waals surface area contributed by atoms with Gasteiger partial charge in [0.05, 0.1) is 19.0 Å². The highest BCUT2D eigenvalue weighted by Crippen LogP contribution is 2.19. The maximum absolute atomic E-state index is 11.6. The third-order valence-corrected chi connectivity index (χ3v) is 1.92. The van der Waals surface area contributed by atoms with E-state index in [9.17, 15) is 4.79 Å². The number of carbonyl (C=O) groups excluding carboxylic acids is 1. The van der Waals surface area contributed by atoms with Gasteiger partial charge in [0.1, 0.15) is 0 Å². The Balaban J connectivity index is 0.00000256. The number of amides is 1. The Hall–Kier alpha value is -1.29. The van der Waals surface area contributed by atoms with Gasteiger partial charge in [0.2, 0.25) is 11.8 Å². The zero-order valence-corrected chi connectivity index (χ0v) is 11.4. The Bertz CT molecular complexity index is 358. The van der Waals surface area contributed by atoms with E-state index in [1.54, 1.807) is 25.4 Å². The van der Waals surface area contributed by atoms with Crippen LogP contribution in [0.1, 0.15) is 27.2 Å². The molecular weight excluding hydrogens is 240 g/mol. The molecule has 0 bridgehead atoms. The lowest BCUT2D eigenvalue weighted by Crippen LogP contribution is -2.19. The Morgan fingerprint density at radius 3 is 2.47 bits per heavy atom. The van der Waals surface area contributed by atoms with Gasteiger partial charge in [-0.15, -0.1) is 12.4 Å². The summed E-state index contributed by atoms with van der Waals surface area (Å²) in [4.78, 5) is 15.6. The first-order valence-corrected chi connectivity index (χ1v) is 5.20. The molecule has 1 rings (SSSR count). The van der Waals surface area contributed by atoms with E-state index >= 15 is 0 Å². The fraction of sp³-hybridized carbons (Fsp3) is 0.500. The van der Waals surface area contributed by atoms with Crippen molar-refractivity contribution < 1.29 is 9.53 Å². The fourth-order valence-electron chi connectivity index (χ4n) is 1.26. The molecule has 17 heavy (non-hydrogen) atoms. The number of nitrogens with zero attached hydrogens (tertiary/aromatic N) is 1. The van der Waals surface area contributed by atoms with Crippen molar-refractivity contribution in [2.75, 3.05) is 12.4 Å². The van der Waals surface area contributed by atoms with Gasteiger partial charge in [-0.05, 0) is 11.5 Å². The second-order valence-electron chi connectivity index (χ2n) is 4.87.